The zero-order valence-corrected chi connectivity index (χ0v) is 17.7. The fourth-order valence-corrected chi connectivity index (χ4v) is 3.91. The molecule has 0 aliphatic heterocycles. The van der Waals surface area contributed by atoms with Gasteiger partial charge in [-0.05, 0) is 33.6 Å². The van der Waals surface area contributed by atoms with E-state index in [9.17, 15) is 18.5 Å². The van der Waals surface area contributed by atoms with E-state index >= 15 is 0 Å². The molecule has 0 amide bonds. The molecule has 2 aromatic rings. The van der Waals surface area contributed by atoms with Crippen LogP contribution in [0.5, 0.6) is 17.2 Å². The average Bonchev–Trinajstić information content (AvgIpc) is 2.66. The molecule has 28 heavy (non-hydrogen) atoms. The highest BCUT2D eigenvalue weighted by Gasteiger charge is 2.17. The monoisotopic (exact) mass is 471 g/mol. The van der Waals surface area contributed by atoms with Crippen molar-refractivity contribution in [2.24, 2.45) is 0 Å². The van der Waals surface area contributed by atoms with Gasteiger partial charge in [-0.2, -0.15) is 0 Å². The Labute approximate surface area is 170 Å². The molecule has 0 aliphatic rings. The van der Waals surface area contributed by atoms with Crippen molar-refractivity contribution < 1.29 is 27.6 Å². The van der Waals surface area contributed by atoms with Gasteiger partial charge in [0.25, 0.3) is 5.69 Å². The summed E-state index contributed by atoms with van der Waals surface area (Å²) in [5.74, 6) is 0.859. The molecule has 2 aromatic carbocycles. The number of ether oxygens (including phenoxy) is 3. The van der Waals surface area contributed by atoms with E-state index in [2.05, 4.69) is 15.9 Å². The van der Waals surface area contributed by atoms with Crippen molar-refractivity contribution in [2.75, 3.05) is 21.3 Å². The van der Waals surface area contributed by atoms with Gasteiger partial charge < -0.3 is 14.2 Å². The van der Waals surface area contributed by atoms with E-state index in [0.717, 1.165) is 5.41 Å². The van der Waals surface area contributed by atoms with Crippen LogP contribution < -0.4 is 14.2 Å². The first-order valence-corrected chi connectivity index (χ1v) is 10.3. The van der Waals surface area contributed by atoms with Crippen LogP contribution in [-0.2, 0) is 15.6 Å². The second-order valence-electron chi connectivity index (χ2n) is 5.60. The number of methoxy groups -OCH3 is 3. The van der Waals surface area contributed by atoms with Crippen molar-refractivity contribution in [3.8, 4) is 17.2 Å². The molecule has 0 spiro atoms. The molecule has 0 unspecified atom stereocenters. The first-order chi connectivity index (χ1) is 13.2. The summed E-state index contributed by atoms with van der Waals surface area (Å²) in [4.78, 5) is 10.4. The van der Waals surface area contributed by atoms with E-state index in [4.69, 9.17) is 14.2 Å². The number of nitro groups is 1. The maximum absolute atomic E-state index is 12.5. The van der Waals surface area contributed by atoms with Crippen molar-refractivity contribution in [3.63, 3.8) is 0 Å². The molecule has 8 nitrogen and oxygen atoms in total. The Morgan fingerprint density at radius 2 is 1.68 bits per heavy atom. The molecule has 150 valence electrons. The summed E-state index contributed by atoms with van der Waals surface area (Å²) in [6.07, 6.45) is 1.36. The number of hydrogen-bond donors (Lipinski definition) is 0. The van der Waals surface area contributed by atoms with Crippen molar-refractivity contribution >= 4 is 37.5 Å². The van der Waals surface area contributed by atoms with Gasteiger partial charge in [-0.25, -0.2) is 8.42 Å². The maximum atomic E-state index is 12.5. The first-order valence-electron chi connectivity index (χ1n) is 7.84. The fourth-order valence-electron chi connectivity index (χ4n) is 2.44. The Hall–Kier alpha value is -2.59. The summed E-state index contributed by atoms with van der Waals surface area (Å²) >= 11 is 3.07. The van der Waals surface area contributed by atoms with Crippen LogP contribution in [0.1, 0.15) is 11.1 Å². The summed E-state index contributed by atoms with van der Waals surface area (Å²) in [6, 6.07) is 7.39. The van der Waals surface area contributed by atoms with Crippen LogP contribution in [0.25, 0.3) is 6.08 Å². The second kappa shape index (κ2) is 9.07. The summed E-state index contributed by atoms with van der Waals surface area (Å²) in [5.41, 5.74) is 0.527. The zero-order chi connectivity index (χ0) is 20.9. The highest BCUT2D eigenvalue weighted by molar-refractivity contribution is 9.10. The van der Waals surface area contributed by atoms with Crippen LogP contribution in [0.3, 0.4) is 0 Å². The van der Waals surface area contributed by atoms with Gasteiger partial charge in [-0.1, -0.05) is 6.07 Å². The smallest absolute Gasteiger partial charge is 0.283 e. The number of benzene rings is 2. The SMILES string of the molecule is COc1cc(OC)c(/C=C/S(=O)(=O)Cc2ccc(Br)c([N+](=O)[O-])c2)c(OC)c1. The Kier molecular flexibility index (Phi) is 7.03. The third-order valence-corrected chi connectivity index (χ3v) is 5.73. The van der Waals surface area contributed by atoms with E-state index in [1.54, 1.807) is 12.1 Å². The molecular formula is C18H18BrNO7S. The van der Waals surface area contributed by atoms with Crippen molar-refractivity contribution in [1.29, 1.82) is 0 Å². The van der Waals surface area contributed by atoms with Crippen molar-refractivity contribution in [2.45, 2.75) is 5.75 Å². The third kappa shape index (κ3) is 5.23. The molecular weight excluding hydrogens is 454 g/mol. The van der Waals surface area contributed by atoms with Crippen molar-refractivity contribution in [1.82, 2.24) is 0 Å². The molecule has 10 heteroatoms. The number of sulfone groups is 1. The largest absolute Gasteiger partial charge is 0.496 e. The molecule has 0 heterocycles. The van der Waals surface area contributed by atoms with E-state index in [0.29, 0.717) is 28.4 Å². The zero-order valence-electron chi connectivity index (χ0n) is 15.3. The average molecular weight is 472 g/mol. The van der Waals surface area contributed by atoms with Gasteiger partial charge >= 0.3 is 0 Å². The fraction of sp³-hybridized carbons (Fsp3) is 0.222. The molecule has 2 rings (SSSR count). The minimum atomic E-state index is -3.71. The van der Waals surface area contributed by atoms with E-state index in [-0.39, 0.29) is 10.2 Å². The van der Waals surface area contributed by atoms with Crippen LogP contribution in [0.15, 0.2) is 40.2 Å². The van der Waals surface area contributed by atoms with Gasteiger partial charge in [0.15, 0.2) is 9.84 Å². The predicted molar refractivity (Wildman–Crippen MR) is 109 cm³/mol. The van der Waals surface area contributed by atoms with Crippen LogP contribution in [0, 0.1) is 10.1 Å². The van der Waals surface area contributed by atoms with Gasteiger partial charge in [-0.3, -0.25) is 10.1 Å². The highest BCUT2D eigenvalue weighted by atomic mass is 79.9. The van der Waals surface area contributed by atoms with Crippen molar-refractivity contribution in [3.05, 3.63) is 61.5 Å². The summed E-state index contributed by atoms with van der Waals surface area (Å²) in [5, 5.41) is 12.0. The summed E-state index contributed by atoms with van der Waals surface area (Å²) in [7, 11) is 0.668. The van der Waals surface area contributed by atoms with Gasteiger partial charge in [0, 0.05) is 23.6 Å². The van der Waals surface area contributed by atoms with Crippen LogP contribution >= 0.6 is 15.9 Å². The number of nitro benzene ring substituents is 1. The summed E-state index contributed by atoms with van der Waals surface area (Å²) in [6.45, 7) is 0. The Balaban J connectivity index is 2.36. The molecule has 0 atom stereocenters. The minimum absolute atomic E-state index is 0.199. The Morgan fingerprint density at radius 1 is 1.07 bits per heavy atom. The summed E-state index contributed by atoms with van der Waals surface area (Å²) < 4.78 is 41.0. The van der Waals surface area contributed by atoms with Gasteiger partial charge in [0.05, 0.1) is 42.0 Å². The number of halogens is 1. The Bertz CT molecular complexity index is 994. The molecule has 0 aliphatic carbocycles. The lowest BCUT2D eigenvalue weighted by Crippen LogP contribution is -2.01. The lowest BCUT2D eigenvalue weighted by Gasteiger charge is -2.12. The molecule has 0 aromatic heterocycles. The topological polar surface area (TPSA) is 105 Å². The second-order valence-corrected chi connectivity index (χ2v) is 8.34. The minimum Gasteiger partial charge on any atom is -0.496 e. The van der Waals surface area contributed by atoms with Crippen LogP contribution in [-0.4, -0.2) is 34.7 Å². The van der Waals surface area contributed by atoms with Crippen LogP contribution in [0.2, 0.25) is 0 Å². The lowest BCUT2D eigenvalue weighted by molar-refractivity contribution is -0.385. The number of nitrogens with zero attached hydrogens (tertiary/aromatic N) is 1. The van der Waals surface area contributed by atoms with Gasteiger partial charge in [-0.15, -0.1) is 0 Å². The quantitative estimate of drug-likeness (QED) is 0.423. The van der Waals surface area contributed by atoms with E-state index in [1.165, 1.54) is 45.6 Å². The van der Waals surface area contributed by atoms with Crippen LogP contribution in [0.4, 0.5) is 5.69 Å². The molecule has 0 saturated heterocycles. The lowest BCUT2D eigenvalue weighted by atomic mass is 10.1. The molecule has 0 fully saturated rings. The molecule has 0 saturated carbocycles. The standard InChI is InChI=1S/C18H18BrNO7S/c1-25-13-9-17(26-2)14(18(10-13)27-3)6-7-28(23,24)11-12-4-5-15(19)16(8-12)20(21)22/h4-10H,11H2,1-3H3/b7-6+. The predicted octanol–water partition coefficient (Wildman–Crippen LogP) is 3.97. The normalized spacial score (nSPS) is 11.4. The van der Waals surface area contributed by atoms with Gasteiger partial charge in [0.1, 0.15) is 17.2 Å². The van der Waals surface area contributed by atoms with E-state index < -0.39 is 20.5 Å². The maximum Gasteiger partial charge on any atom is 0.283 e. The van der Waals surface area contributed by atoms with E-state index in [1.807, 2.05) is 0 Å². The number of hydrogen-bond acceptors (Lipinski definition) is 7. The molecule has 0 N–H and O–H groups in total. The first kappa shape index (κ1) is 21.7. The number of rotatable bonds is 8. The molecule has 0 bridgehead atoms. The Morgan fingerprint density at radius 3 is 2.18 bits per heavy atom. The molecule has 0 radical (unpaired) electrons. The van der Waals surface area contributed by atoms with Gasteiger partial charge in [0.2, 0.25) is 0 Å². The highest BCUT2D eigenvalue weighted by Crippen LogP contribution is 2.35. The third-order valence-electron chi connectivity index (χ3n) is 3.77.